The van der Waals surface area contributed by atoms with Gasteiger partial charge in [0.25, 0.3) is 0 Å². The van der Waals surface area contributed by atoms with Crippen LogP contribution in [0, 0.1) is 19.7 Å². The monoisotopic (exact) mass is 419 g/mol. The fourth-order valence-electron chi connectivity index (χ4n) is 2.59. The highest BCUT2D eigenvalue weighted by Gasteiger charge is 2.24. The highest BCUT2D eigenvalue weighted by Crippen LogP contribution is 2.31. The van der Waals surface area contributed by atoms with Crippen LogP contribution in [-0.4, -0.2) is 30.9 Å². The third-order valence-electron chi connectivity index (χ3n) is 4.21. The summed E-state index contributed by atoms with van der Waals surface area (Å²) in [6, 6.07) is 6.48. The van der Waals surface area contributed by atoms with Crippen molar-refractivity contribution in [3.8, 4) is 11.4 Å². The van der Waals surface area contributed by atoms with Gasteiger partial charge in [0, 0.05) is 10.9 Å². The van der Waals surface area contributed by atoms with E-state index in [1.54, 1.807) is 25.1 Å². The first kappa shape index (κ1) is 20.5. The van der Waals surface area contributed by atoms with Gasteiger partial charge in [-0.05, 0) is 46.8 Å². The third-order valence-corrected chi connectivity index (χ3v) is 6.25. The number of aryl methyl sites for hydroxylation is 2. The van der Waals surface area contributed by atoms with Crippen molar-refractivity contribution < 1.29 is 9.18 Å². The number of nitrogens with one attached hydrogen (secondary N) is 1. The van der Waals surface area contributed by atoms with Crippen LogP contribution >= 0.6 is 23.1 Å². The Balaban J connectivity index is 1.82. The van der Waals surface area contributed by atoms with Crippen LogP contribution in [-0.2, 0) is 4.79 Å². The minimum Gasteiger partial charge on any atom is -0.301 e. The lowest BCUT2D eigenvalue weighted by Gasteiger charge is -2.16. The van der Waals surface area contributed by atoms with Gasteiger partial charge in [-0.25, -0.2) is 9.37 Å². The van der Waals surface area contributed by atoms with Gasteiger partial charge in [-0.3, -0.25) is 9.36 Å². The summed E-state index contributed by atoms with van der Waals surface area (Å²) in [5, 5.41) is 12.0. The molecule has 0 radical (unpaired) electrons. The third kappa shape index (κ3) is 4.25. The number of thioether (sulfide) groups is 1. The van der Waals surface area contributed by atoms with E-state index in [4.69, 9.17) is 0 Å². The zero-order chi connectivity index (χ0) is 20.4. The number of anilines is 1. The van der Waals surface area contributed by atoms with E-state index in [1.807, 2.05) is 32.3 Å². The quantitative estimate of drug-likeness (QED) is 0.578. The molecule has 9 heteroatoms. The Kier molecular flexibility index (Phi) is 6.14. The highest BCUT2D eigenvalue weighted by molar-refractivity contribution is 8.00. The van der Waals surface area contributed by atoms with E-state index in [0.29, 0.717) is 21.7 Å². The Bertz CT molecular complexity index is 979. The van der Waals surface area contributed by atoms with Crippen molar-refractivity contribution in [2.75, 3.05) is 5.32 Å². The maximum absolute atomic E-state index is 14.2. The average molecular weight is 420 g/mol. The largest absolute Gasteiger partial charge is 0.301 e. The molecule has 1 aromatic carbocycles. The van der Waals surface area contributed by atoms with E-state index in [-0.39, 0.29) is 17.8 Å². The number of nitrogens with zero attached hydrogens (tertiary/aromatic N) is 4. The molecule has 1 atom stereocenters. The number of aromatic nitrogens is 4. The second kappa shape index (κ2) is 8.40. The SMILES string of the molecule is Cc1nc(NC(=O)[C@H](C)Sc2nnc(-c3ccccc3F)n2C(C)C)sc1C. The summed E-state index contributed by atoms with van der Waals surface area (Å²) in [7, 11) is 0. The van der Waals surface area contributed by atoms with Crippen molar-refractivity contribution in [3.05, 3.63) is 40.7 Å². The molecule has 3 aromatic rings. The molecule has 0 saturated heterocycles. The molecular formula is C19H22FN5OS2. The molecule has 0 saturated carbocycles. The second-order valence-electron chi connectivity index (χ2n) is 6.66. The van der Waals surface area contributed by atoms with Crippen molar-refractivity contribution >= 4 is 34.1 Å². The Hall–Kier alpha value is -2.26. The zero-order valence-corrected chi connectivity index (χ0v) is 18.0. The number of thiazole rings is 1. The topological polar surface area (TPSA) is 72.7 Å². The molecule has 28 heavy (non-hydrogen) atoms. The Morgan fingerprint density at radius 2 is 1.93 bits per heavy atom. The highest BCUT2D eigenvalue weighted by atomic mass is 32.2. The predicted molar refractivity (Wildman–Crippen MR) is 111 cm³/mol. The van der Waals surface area contributed by atoms with Crippen LogP contribution in [0.15, 0.2) is 29.4 Å². The molecule has 0 aliphatic heterocycles. The van der Waals surface area contributed by atoms with E-state index >= 15 is 0 Å². The van der Waals surface area contributed by atoms with Crippen molar-refractivity contribution in [2.24, 2.45) is 0 Å². The van der Waals surface area contributed by atoms with Crippen molar-refractivity contribution in [1.82, 2.24) is 19.7 Å². The number of hydrogen-bond acceptors (Lipinski definition) is 6. The number of carbonyl (C=O) groups is 1. The molecule has 0 spiro atoms. The van der Waals surface area contributed by atoms with Gasteiger partial charge in [0.05, 0.1) is 16.5 Å². The Morgan fingerprint density at radius 3 is 2.54 bits per heavy atom. The predicted octanol–water partition coefficient (Wildman–Crippen LogP) is 4.86. The van der Waals surface area contributed by atoms with Gasteiger partial charge in [0.15, 0.2) is 16.1 Å². The lowest BCUT2D eigenvalue weighted by Crippen LogP contribution is -2.23. The summed E-state index contributed by atoms with van der Waals surface area (Å²) in [6.45, 7) is 9.63. The van der Waals surface area contributed by atoms with Crippen molar-refractivity contribution in [2.45, 2.75) is 51.1 Å². The fourth-order valence-corrected chi connectivity index (χ4v) is 4.39. The fraction of sp³-hybridized carbons (Fsp3) is 0.368. The van der Waals surface area contributed by atoms with Crippen LogP contribution < -0.4 is 5.32 Å². The first-order chi connectivity index (χ1) is 13.3. The van der Waals surface area contributed by atoms with E-state index in [0.717, 1.165) is 10.6 Å². The first-order valence-corrected chi connectivity index (χ1v) is 10.6. The van der Waals surface area contributed by atoms with Crippen LogP contribution in [0.1, 0.15) is 37.4 Å². The zero-order valence-electron chi connectivity index (χ0n) is 16.4. The van der Waals surface area contributed by atoms with Crippen LogP contribution in [0.3, 0.4) is 0 Å². The normalized spacial score (nSPS) is 12.4. The Morgan fingerprint density at radius 1 is 1.21 bits per heavy atom. The van der Waals surface area contributed by atoms with Crippen LogP contribution in [0.25, 0.3) is 11.4 Å². The number of benzene rings is 1. The summed E-state index contributed by atoms with van der Waals surface area (Å²) in [5.41, 5.74) is 1.30. The summed E-state index contributed by atoms with van der Waals surface area (Å²) < 4.78 is 16.1. The van der Waals surface area contributed by atoms with E-state index in [9.17, 15) is 9.18 Å². The maximum atomic E-state index is 14.2. The lowest BCUT2D eigenvalue weighted by molar-refractivity contribution is -0.115. The number of carbonyl (C=O) groups excluding carboxylic acids is 1. The molecule has 0 aliphatic carbocycles. The Labute approximate surface area is 171 Å². The van der Waals surface area contributed by atoms with Crippen molar-refractivity contribution in [3.63, 3.8) is 0 Å². The van der Waals surface area contributed by atoms with E-state index in [1.165, 1.54) is 29.2 Å². The van der Waals surface area contributed by atoms with Crippen molar-refractivity contribution in [1.29, 1.82) is 0 Å². The molecule has 1 amide bonds. The lowest BCUT2D eigenvalue weighted by atomic mass is 10.2. The summed E-state index contributed by atoms with van der Waals surface area (Å²) in [6.07, 6.45) is 0. The summed E-state index contributed by atoms with van der Waals surface area (Å²) >= 11 is 2.74. The first-order valence-electron chi connectivity index (χ1n) is 8.89. The van der Waals surface area contributed by atoms with Gasteiger partial charge in [0.2, 0.25) is 5.91 Å². The molecule has 2 heterocycles. The maximum Gasteiger partial charge on any atom is 0.239 e. The average Bonchev–Trinajstić information content (AvgIpc) is 3.18. The number of hydrogen-bond donors (Lipinski definition) is 1. The molecule has 0 bridgehead atoms. The summed E-state index contributed by atoms with van der Waals surface area (Å²) in [5.74, 6) is -0.0625. The second-order valence-corrected chi connectivity index (χ2v) is 9.17. The molecule has 2 aromatic heterocycles. The van der Waals surface area contributed by atoms with E-state index in [2.05, 4.69) is 20.5 Å². The number of halogens is 1. The van der Waals surface area contributed by atoms with Gasteiger partial charge in [-0.15, -0.1) is 21.5 Å². The van der Waals surface area contributed by atoms with Gasteiger partial charge in [0.1, 0.15) is 5.82 Å². The minimum atomic E-state index is -0.417. The standard InChI is InChI=1S/C19H22FN5OS2/c1-10(2)25-16(14-8-6-7-9-15(14)20)23-24-19(25)28-13(5)17(26)22-18-21-11(3)12(4)27-18/h6-10,13H,1-5H3,(H,21,22,26)/t13-/m0/s1. The van der Waals surface area contributed by atoms with Gasteiger partial charge in [-0.1, -0.05) is 23.9 Å². The van der Waals surface area contributed by atoms with Crippen LogP contribution in [0.5, 0.6) is 0 Å². The smallest absolute Gasteiger partial charge is 0.239 e. The van der Waals surface area contributed by atoms with Gasteiger partial charge < -0.3 is 5.32 Å². The number of rotatable bonds is 6. The molecule has 0 unspecified atom stereocenters. The number of amides is 1. The molecule has 3 rings (SSSR count). The van der Waals surface area contributed by atoms with Crippen LogP contribution in [0.4, 0.5) is 9.52 Å². The molecular weight excluding hydrogens is 397 g/mol. The molecule has 0 fully saturated rings. The van der Waals surface area contributed by atoms with Crippen LogP contribution in [0.2, 0.25) is 0 Å². The molecule has 1 N–H and O–H groups in total. The molecule has 0 aliphatic rings. The van der Waals surface area contributed by atoms with Gasteiger partial charge in [-0.2, -0.15) is 0 Å². The van der Waals surface area contributed by atoms with E-state index < -0.39 is 5.25 Å². The minimum absolute atomic E-state index is 0.00614. The summed E-state index contributed by atoms with van der Waals surface area (Å²) in [4.78, 5) is 18.0. The van der Waals surface area contributed by atoms with Gasteiger partial charge >= 0.3 is 0 Å². The molecule has 148 valence electrons. The molecule has 6 nitrogen and oxygen atoms in total.